The van der Waals surface area contributed by atoms with Crippen molar-refractivity contribution in [2.24, 2.45) is 17.8 Å². The van der Waals surface area contributed by atoms with E-state index in [1.54, 1.807) is 13.0 Å². The smallest absolute Gasteiger partial charge is 0.264 e. The first-order valence-electron chi connectivity index (χ1n) is 15.3. The molecule has 0 radical (unpaired) electrons. The largest absolute Gasteiger partial charge is 0.490 e. The Labute approximate surface area is 253 Å². The number of hydrogen-bond acceptors (Lipinski definition) is 6. The molecule has 9 heteroatoms. The molecule has 1 N–H and O–H groups in total. The zero-order valence-corrected chi connectivity index (χ0v) is 25.8. The van der Waals surface area contributed by atoms with Crippen molar-refractivity contribution in [1.29, 1.82) is 0 Å². The van der Waals surface area contributed by atoms with E-state index in [0.29, 0.717) is 37.0 Å². The van der Waals surface area contributed by atoms with E-state index in [-0.39, 0.29) is 16.9 Å². The molecule has 2 aliphatic carbocycles. The topological polar surface area (TPSA) is 88.2 Å². The maximum absolute atomic E-state index is 13.4. The number of allylic oxidation sites excluding steroid dienone is 1. The van der Waals surface area contributed by atoms with Crippen LogP contribution >= 0.6 is 11.6 Å². The van der Waals surface area contributed by atoms with Gasteiger partial charge in [0.25, 0.3) is 5.91 Å². The summed E-state index contributed by atoms with van der Waals surface area (Å²) in [5, 5.41) is 0.0231. The SMILES string of the molecule is CC1C/C=C/[C@]2(CO2)[C@@H]2CC[C@H]2CN2C[C@@]3(CCCc4cc(Cl)ccc43)COc3ccc(cc32)C(=O)NS(=O)(=O)[C@@H]1C. The highest BCUT2D eigenvalue weighted by atomic mass is 35.5. The number of hydrogen-bond donors (Lipinski definition) is 1. The van der Waals surface area contributed by atoms with E-state index in [1.807, 2.05) is 25.1 Å². The second kappa shape index (κ2) is 10.3. The van der Waals surface area contributed by atoms with Gasteiger partial charge >= 0.3 is 0 Å². The lowest BCUT2D eigenvalue weighted by atomic mass is 9.66. The van der Waals surface area contributed by atoms with Gasteiger partial charge in [0, 0.05) is 29.1 Å². The van der Waals surface area contributed by atoms with Gasteiger partial charge in [-0.05, 0) is 105 Å². The van der Waals surface area contributed by atoms with Gasteiger partial charge in [-0.1, -0.05) is 36.7 Å². The molecule has 1 amide bonds. The fourth-order valence-corrected chi connectivity index (χ4v) is 9.23. The molecule has 2 aromatic rings. The fraction of sp³-hybridized carbons (Fsp3) is 0.545. The number of epoxide rings is 1. The van der Waals surface area contributed by atoms with Crippen LogP contribution in [0, 0.1) is 17.8 Å². The normalized spacial score (nSPS) is 36.1. The number of nitrogens with one attached hydrogen (secondary N) is 1. The number of nitrogens with zero attached hydrogens (tertiary/aromatic N) is 1. The number of halogens is 1. The first-order chi connectivity index (χ1) is 20.1. The van der Waals surface area contributed by atoms with Crippen LogP contribution in [0.25, 0.3) is 0 Å². The molecule has 1 saturated heterocycles. The van der Waals surface area contributed by atoms with Crippen LogP contribution in [0.15, 0.2) is 48.6 Å². The minimum atomic E-state index is -3.88. The summed E-state index contributed by atoms with van der Waals surface area (Å²) in [7, 11) is -3.88. The summed E-state index contributed by atoms with van der Waals surface area (Å²) < 4.78 is 41.5. The van der Waals surface area contributed by atoms with Crippen molar-refractivity contribution in [3.8, 4) is 5.75 Å². The highest BCUT2D eigenvalue weighted by Crippen LogP contribution is 2.52. The summed E-state index contributed by atoms with van der Waals surface area (Å²) in [5.74, 6) is 0.806. The molecule has 0 aromatic heterocycles. The first-order valence-corrected chi connectivity index (χ1v) is 17.2. The van der Waals surface area contributed by atoms with Gasteiger partial charge in [0.05, 0.1) is 24.2 Å². The van der Waals surface area contributed by atoms with E-state index < -0.39 is 21.2 Å². The number of anilines is 1. The Morgan fingerprint density at radius 2 is 1.93 bits per heavy atom. The zero-order chi connectivity index (χ0) is 29.3. The Morgan fingerprint density at radius 3 is 2.69 bits per heavy atom. The molecular formula is C33H39ClN2O5S. The number of carbonyl (C=O) groups excluding carboxylic acids is 1. The van der Waals surface area contributed by atoms with Gasteiger partial charge < -0.3 is 14.4 Å². The van der Waals surface area contributed by atoms with E-state index in [9.17, 15) is 13.2 Å². The van der Waals surface area contributed by atoms with Crippen molar-refractivity contribution in [2.45, 2.75) is 68.6 Å². The molecule has 2 aromatic carbocycles. The summed E-state index contributed by atoms with van der Waals surface area (Å²) in [6.45, 7) is 6.40. The third-order valence-electron chi connectivity index (χ3n) is 10.7. The van der Waals surface area contributed by atoms with Crippen LogP contribution < -0.4 is 14.4 Å². The maximum atomic E-state index is 13.4. The van der Waals surface area contributed by atoms with Gasteiger partial charge in [0.1, 0.15) is 11.4 Å². The van der Waals surface area contributed by atoms with Crippen LogP contribution in [0.5, 0.6) is 5.75 Å². The second-order valence-electron chi connectivity index (χ2n) is 13.3. The molecule has 3 aliphatic heterocycles. The average Bonchev–Trinajstić information content (AvgIpc) is 3.73. The summed E-state index contributed by atoms with van der Waals surface area (Å²) in [4.78, 5) is 15.8. The quantitative estimate of drug-likeness (QED) is 0.306. The molecule has 6 atom stereocenters. The van der Waals surface area contributed by atoms with Crippen LogP contribution in [0.3, 0.4) is 0 Å². The maximum Gasteiger partial charge on any atom is 0.264 e. The molecule has 42 heavy (non-hydrogen) atoms. The van der Waals surface area contributed by atoms with Crippen molar-refractivity contribution in [3.63, 3.8) is 0 Å². The number of carbonyl (C=O) groups is 1. The summed E-state index contributed by atoms with van der Waals surface area (Å²) >= 11 is 6.41. The van der Waals surface area contributed by atoms with E-state index in [0.717, 1.165) is 61.7 Å². The molecule has 7 nitrogen and oxygen atoms in total. The van der Waals surface area contributed by atoms with E-state index in [1.165, 1.54) is 11.1 Å². The number of amides is 1. The Hall–Kier alpha value is -2.55. The molecule has 7 rings (SSSR count). The molecule has 2 spiro atoms. The van der Waals surface area contributed by atoms with Crippen LogP contribution in [0.2, 0.25) is 5.02 Å². The van der Waals surface area contributed by atoms with Gasteiger partial charge in [-0.2, -0.15) is 0 Å². The number of benzene rings is 2. The van der Waals surface area contributed by atoms with Crippen LogP contribution in [-0.4, -0.2) is 51.5 Å². The summed E-state index contributed by atoms with van der Waals surface area (Å²) in [6, 6.07) is 11.6. The van der Waals surface area contributed by atoms with Crippen molar-refractivity contribution < 1.29 is 22.7 Å². The van der Waals surface area contributed by atoms with Crippen LogP contribution in [0.1, 0.15) is 67.4 Å². The van der Waals surface area contributed by atoms with Gasteiger partial charge in [0.2, 0.25) is 10.0 Å². The van der Waals surface area contributed by atoms with Crippen LogP contribution in [0.4, 0.5) is 5.69 Å². The lowest BCUT2D eigenvalue weighted by Crippen LogP contribution is -2.50. The number of sulfonamides is 1. The summed E-state index contributed by atoms with van der Waals surface area (Å²) in [6.07, 6.45) is 10.2. The van der Waals surface area contributed by atoms with Crippen LogP contribution in [-0.2, 0) is 26.6 Å². The predicted octanol–water partition coefficient (Wildman–Crippen LogP) is 5.65. The standard InChI is InChI=1S/C33H39ClN2O5S/c1-21-5-3-14-33(20-41-33)28-10-7-25(28)17-36-18-32(13-4-6-23-15-26(34)9-11-27(23)32)19-40-30-12-8-24(16-29(30)36)31(37)35-42(38,39)22(21)2/h3,8-9,11-12,14-16,21-22,25,28H,4-7,10,13,17-20H2,1-2H3,(H,35,37)/b14-3+/t21?,22-,25+,28-,32+,33+/m1/s1. The van der Waals surface area contributed by atoms with Gasteiger partial charge in [-0.25, -0.2) is 13.1 Å². The van der Waals surface area contributed by atoms with Gasteiger partial charge in [-0.3, -0.25) is 4.79 Å². The lowest BCUT2D eigenvalue weighted by molar-refractivity contribution is 0.0978. The molecular weight excluding hydrogens is 572 g/mol. The zero-order valence-electron chi connectivity index (χ0n) is 24.3. The third-order valence-corrected chi connectivity index (χ3v) is 12.9. The van der Waals surface area contributed by atoms with Gasteiger partial charge in [-0.15, -0.1) is 0 Å². The fourth-order valence-electron chi connectivity index (χ4n) is 7.75. The molecule has 2 bridgehead atoms. The third kappa shape index (κ3) is 4.83. The number of ether oxygens (including phenoxy) is 2. The molecule has 3 heterocycles. The molecule has 1 unspecified atom stereocenters. The Kier molecular flexibility index (Phi) is 6.91. The van der Waals surface area contributed by atoms with Crippen molar-refractivity contribution in [3.05, 3.63) is 70.3 Å². The number of rotatable bonds is 0. The Balaban J connectivity index is 1.31. The molecule has 224 valence electrons. The highest BCUT2D eigenvalue weighted by molar-refractivity contribution is 7.90. The monoisotopic (exact) mass is 610 g/mol. The minimum Gasteiger partial charge on any atom is -0.490 e. The number of aryl methyl sites for hydroxylation is 1. The molecule has 2 fully saturated rings. The van der Waals surface area contributed by atoms with E-state index >= 15 is 0 Å². The highest BCUT2D eigenvalue weighted by Gasteiger charge is 2.56. The number of fused-ring (bicyclic) bond motifs is 5. The van der Waals surface area contributed by atoms with Gasteiger partial charge in [0.15, 0.2) is 0 Å². The minimum absolute atomic E-state index is 0.159. The van der Waals surface area contributed by atoms with Crippen molar-refractivity contribution in [2.75, 3.05) is 31.2 Å². The Morgan fingerprint density at radius 1 is 1.10 bits per heavy atom. The predicted molar refractivity (Wildman–Crippen MR) is 164 cm³/mol. The van der Waals surface area contributed by atoms with Crippen molar-refractivity contribution in [1.82, 2.24) is 4.72 Å². The molecule has 5 aliphatic rings. The molecule has 1 saturated carbocycles. The summed E-state index contributed by atoms with van der Waals surface area (Å²) in [5.41, 5.74) is 3.26. The Bertz CT molecular complexity index is 1550. The average molecular weight is 611 g/mol. The van der Waals surface area contributed by atoms with E-state index in [4.69, 9.17) is 21.1 Å². The second-order valence-corrected chi connectivity index (χ2v) is 15.7. The first kappa shape index (κ1) is 28.2. The lowest BCUT2D eigenvalue weighted by Gasteiger charge is -2.45. The van der Waals surface area contributed by atoms with Crippen molar-refractivity contribution >= 4 is 33.2 Å². The van der Waals surface area contributed by atoms with E-state index in [2.05, 4.69) is 33.9 Å².